The maximum atomic E-state index is 6.48. The summed E-state index contributed by atoms with van der Waals surface area (Å²) in [5.41, 5.74) is 4.33. The summed E-state index contributed by atoms with van der Waals surface area (Å²) in [6, 6.07) is 14.2. The number of aryl methyl sites for hydroxylation is 2. The Labute approximate surface area is 112 Å². The number of hydrogen-bond acceptors (Lipinski definition) is 0. The first-order valence-electron chi connectivity index (χ1n) is 5.55. The Hall–Kier alpha value is -0.980. The third-order valence-corrected chi connectivity index (χ3v) is 3.87. The molecule has 0 fully saturated rings. The minimum Gasteiger partial charge on any atom is -0.113 e. The molecule has 0 radical (unpaired) electrons. The monoisotopic (exact) mass is 264 g/mol. The predicted molar refractivity (Wildman–Crippen MR) is 75.1 cm³/mol. The van der Waals surface area contributed by atoms with Crippen LogP contribution in [0.4, 0.5) is 0 Å². The van der Waals surface area contributed by atoms with Gasteiger partial charge in [0.2, 0.25) is 0 Å². The van der Waals surface area contributed by atoms with Gasteiger partial charge < -0.3 is 0 Å². The molecule has 0 bridgehead atoms. The molecule has 0 aliphatic carbocycles. The van der Waals surface area contributed by atoms with Crippen molar-refractivity contribution < 1.29 is 0 Å². The lowest BCUT2D eigenvalue weighted by molar-refractivity contribution is 1.13. The molecule has 2 aromatic rings. The molecule has 0 amide bonds. The lowest BCUT2D eigenvalue weighted by Crippen LogP contribution is -1.95. The van der Waals surface area contributed by atoms with E-state index in [2.05, 4.69) is 19.1 Å². The van der Waals surface area contributed by atoms with Crippen LogP contribution in [-0.4, -0.2) is 0 Å². The van der Waals surface area contributed by atoms with Crippen LogP contribution in [0.2, 0.25) is 5.02 Å². The first-order chi connectivity index (χ1) is 8.09. The summed E-state index contributed by atoms with van der Waals surface area (Å²) in [6.07, 6.45) is 0. The van der Waals surface area contributed by atoms with Crippen LogP contribution < -0.4 is 0 Å². The molecule has 1 unspecified atom stereocenters. The maximum absolute atomic E-state index is 6.48. The number of alkyl halides is 1. The van der Waals surface area contributed by atoms with Gasteiger partial charge in [-0.25, -0.2) is 0 Å². The molecule has 0 N–H and O–H groups in total. The normalized spacial score (nSPS) is 12.5. The van der Waals surface area contributed by atoms with Crippen molar-refractivity contribution in [3.63, 3.8) is 0 Å². The molecule has 1 atom stereocenters. The SMILES string of the molecule is Cc1ccc(C(Cl)c2cccc(C)c2Cl)cc1. The van der Waals surface area contributed by atoms with E-state index in [-0.39, 0.29) is 5.38 Å². The molecule has 2 aromatic carbocycles. The maximum Gasteiger partial charge on any atom is 0.0849 e. The van der Waals surface area contributed by atoms with Gasteiger partial charge in [-0.2, -0.15) is 0 Å². The Morgan fingerprint density at radius 2 is 1.59 bits per heavy atom. The molecule has 0 saturated heterocycles. The van der Waals surface area contributed by atoms with Crippen LogP contribution in [0.3, 0.4) is 0 Å². The van der Waals surface area contributed by atoms with Gasteiger partial charge in [-0.3, -0.25) is 0 Å². The molecular weight excluding hydrogens is 251 g/mol. The summed E-state index contributed by atoms with van der Waals surface area (Å²) < 4.78 is 0. The van der Waals surface area contributed by atoms with Crippen LogP contribution >= 0.6 is 23.2 Å². The Balaban J connectivity index is 2.40. The van der Waals surface area contributed by atoms with E-state index in [4.69, 9.17) is 23.2 Å². The Kier molecular flexibility index (Phi) is 3.76. The topological polar surface area (TPSA) is 0 Å². The fourth-order valence-electron chi connectivity index (χ4n) is 1.78. The summed E-state index contributed by atoms with van der Waals surface area (Å²) in [4.78, 5) is 0. The molecule has 2 rings (SSSR count). The van der Waals surface area contributed by atoms with Gasteiger partial charge in [-0.15, -0.1) is 11.6 Å². The number of benzene rings is 2. The van der Waals surface area contributed by atoms with Crippen LogP contribution in [-0.2, 0) is 0 Å². The van der Waals surface area contributed by atoms with Crippen molar-refractivity contribution in [2.24, 2.45) is 0 Å². The lowest BCUT2D eigenvalue weighted by Gasteiger charge is -2.13. The van der Waals surface area contributed by atoms with Crippen molar-refractivity contribution in [1.82, 2.24) is 0 Å². The quantitative estimate of drug-likeness (QED) is 0.647. The fraction of sp³-hybridized carbons (Fsp3) is 0.200. The van der Waals surface area contributed by atoms with Gasteiger partial charge in [0, 0.05) is 5.02 Å². The minimum atomic E-state index is -0.192. The van der Waals surface area contributed by atoms with Crippen LogP contribution in [0.1, 0.15) is 27.6 Å². The highest BCUT2D eigenvalue weighted by Crippen LogP contribution is 2.34. The summed E-state index contributed by atoms with van der Waals surface area (Å²) in [5, 5.41) is 0.566. The standard InChI is InChI=1S/C15H14Cl2/c1-10-6-8-12(9-7-10)15(17)13-5-3-4-11(2)14(13)16/h3-9,15H,1-2H3. The van der Waals surface area contributed by atoms with Crippen molar-refractivity contribution in [3.8, 4) is 0 Å². The molecule has 0 spiro atoms. The van der Waals surface area contributed by atoms with Gasteiger partial charge in [0.25, 0.3) is 0 Å². The molecule has 17 heavy (non-hydrogen) atoms. The van der Waals surface area contributed by atoms with Gasteiger partial charge in [0.1, 0.15) is 0 Å². The van der Waals surface area contributed by atoms with E-state index >= 15 is 0 Å². The van der Waals surface area contributed by atoms with Crippen molar-refractivity contribution in [3.05, 3.63) is 69.7 Å². The predicted octanol–water partition coefficient (Wildman–Crippen LogP) is 5.29. The summed E-state index contributed by atoms with van der Waals surface area (Å²) in [5.74, 6) is 0. The van der Waals surface area contributed by atoms with Gasteiger partial charge in [0.05, 0.1) is 5.38 Å². The van der Waals surface area contributed by atoms with E-state index in [1.807, 2.05) is 37.3 Å². The van der Waals surface area contributed by atoms with Crippen LogP contribution in [0.15, 0.2) is 42.5 Å². The highest BCUT2D eigenvalue weighted by atomic mass is 35.5. The van der Waals surface area contributed by atoms with E-state index in [9.17, 15) is 0 Å². The van der Waals surface area contributed by atoms with Crippen LogP contribution in [0.25, 0.3) is 0 Å². The largest absolute Gasteiger partial charge is 0.113 e. The molecule has 88 valence electrons. The van der Waals surface area contributed by atoms with E-state index in [0.717, 1.165) is 21.7 Å². The zero-order valence-electron chi connectivity index (χ0n) is 9.87. The van der Waals surface area contributed by atoms with Crippen LogP contribution in [0, 0.1) is 13.8 Å². The second kappa shape index (κ2) is 5.12. The number of halogens is 2. The van der Waals surface area contributed by atoms with Crippen molar-refractivity contribution in [2.75, 3.05) is 0 Å². The van der Waals surface area contributed by atoms with Gasteiger partial charge in [0.15, 0.2) is 0 Å². The lowest BCUT2D eigenvalue weighted by atomic mass is 10.0. The zero-order chi connectivity index (χ0) is 12.4. The minimum absolute atomic E-state index is 0.192. The highest BCUT2D eigenvalue weighted by Gasteiger charge is 2.14. The second-order valence-corrected chi connectivity index (χ2v) is 5.07. The summed E-state index contributed by atoms with van der Waals surface area (Å²) in [7, 11) is 0. The Morgan fingerprint density at radius 1 is 0.941 bits per heavy atom. The Bertz CT molecular complexity index is 515. The van der Waals surface area contributed by atoms with E-state index in [0.29, 0.717) is 0 Å². The van der Waals surface area contributed by atoms with Crippen LogP contribution in [0.5, 0.6) is 0 Å². The van der Waals surface area contributed by atoms with Crippen molar-refractivity contribution in [1.29, 1.82) is 0 Å². The fourth-order valence-corrected chi connectivity index (χ4v) is 2.40. The van der Waals surface area contributed by atoms with E-state index in [1.54, 1.807) is 0 Å². The summed E-state index contributed by atoms with van der Waals surface area (Å²) >= 11 is 12.8. The van der Waals surface area contributed by atoms with Crippen molar-refractivity contribution >= 4 is 23.2 Å². The molecule has 2 heteroatoms. The van der Waals surface area contributed by atoms with Gasteiger partial charge in [-0.05, 0) is 30.5 Å². The average Bonchev–Trinajstić information content (AvgIpc) is 2.33. The molecule has 0 heterocycles. The Morgan fingerprint density at radius 3 is 2.24 bits per heavy atom. The highest BCUT2D eigenvalue weighted by molar-refractivity contribution is 6.33. The third kappa shape index (κ3) is 2.65. The number of hydrogen-bond donors (Lipinski definition) is 0. The van der Waals surface area contributed by atoms with Crippen molar-refractivity contribution in [2.45, 2.75) is 19.2 Å². The molecule has 0 saturated carbocycles. The average molecular weight is 265 g/mol. The summed E-state index contributed by atoms with van der Waals surface area (Å²) in [6.45, 7) is 4.05. The number of rotatable bonds is 2. The smallest absolute Gasteiger partial charge is 0.0849 e. The first-order valence-corrected chi connectivity index (χ1v) is 6.36. The van der Waals surface area contributed by atoms with Gasteiger partial charge in [-0.1, -0.05) is 59.6 Å². The first kappa shape index (κ1) is 12.5. The second-order valence-electron chi connectivity index (χ2n) is 4.25. The molecule has 0 nitrogen and oxygen atoms in total. The van der Waals surface area contributed by atoms with E-state index in [1.165, 1.54) is 5.56 Å². The molecule has 0 aliphatic rings. The molecule has 0 aliphatic heterocycles. The molecular formula is C15H14Cl2. The van der Waals surface area contributed by atoms with E-state index < -0.39 is 0 Å². The molecule has 0 aromatic heterocycles. The van der Waals surface area contributed by atoms with Gasteiger partial charge >= 0.3 is 0 Å². The zero-order valence-corrected chi connectivity index (χ0v) is 11.4. The third-order valence-electron chi connectivity index (χ3n) is 2.86.